The zero-order chi connectivity index (χ0) is 16.7. The minimum atomic E-state index is -0.190. The molecule has 24 heavy (non-hydrogen) atoms. The van der Waals surface area contributed by atoms with Gasteiger partial charge in [0.25, 0.3) is 0 Å². The minimum absolute atomic E-state index is 0. The maximum atomic E-state index is 12.2. The van der Waals surface area contributed by atoms with Crippen LogP contribution in [0.4, 0.5) is 11.4 Å². The van der Waals surface area contributed by atoms with Crippen LogP contribution in [0.1, 0.15) is 13.3 Å². The molecule has 5 nitrogen and oxygen atoms in total. The molecule has 0 spiro atoms. The molecular weight excluding hydrogens is 328 g/mol. The van der Waals surface area contributed by atoms with Crippen LogP contribution in [0.3, 0.4) is 0 Å². The molecule has 1 atom stereocenters. The third-order valence-corrected chi connectivity index (χ3v) is 3.53. The van der Waals surface area contributed by atoms with Gasteiger partial charge in [-0.2, -0.15) is 0 Å². The third kappa shape index (κ3) is 5.66. The molecule has 0 aliphatic heterocycles. The molecule has 2 rings (SSSR count). The van der Waals surface area contributed by atoms with E-state index in [0.717, 1.165) is 5.75 Å². The Hall–Kier alpha value is -2.40. The first-order valence-corrected chi connectivity index (χ1v) is 7.52. The van der Waals surface area contributed by atoms with Crippen molar-refractivity contribution < 1.29 is 14.3 Å². The lowest BCUT2D eigenvalue weighted by molar-refractivity contribution is -0.119. The second-order valence-corrected chi connectivity index (χ2v) is 5.29. The van der Waals surface area contributed by atoms with Crippen molar-refractivity contribution in [2.24, 2.45) is 5.92 Å². The maximum absolute atomic E-state index is 12.2. The van der Waals surface area contributed by atoms with Crippen LogP contribution in [0.25, 0.3) is 0 Å². The van der Waals surface area contributed by atoms with E-state index < -0.39 is 0 Å². The first-order chi connectivity index (χ1) is 11.1. The van der Waals surface area contributed by atoms with E-state index in [0.29, 0.717) is 30.2 Å². The average Bonchev–Trinajstić information content (AvgIpc) is 2.57. The van der Waals surface area contributed by atoms with Gasteiger partial charge in [0.1, 0.15) is 11.5 Å². The number of rotatable bonds is 7. The number of ether oxygens (including phenoxy) is 2. The van der Waals surface area contributed by atoms with Crippen molar-refractivity contribution in [3.8, 4) is 11.5 Å². The molecule has 130 valence electrons. The Labute approximate surface area is 148 Å². The highest BCUT2D eigenvalue weighted by atomic mass is 35.5. The van der Waals surface area contributed by atoms with E-state index in [4.69, 9.17) is 15.2 Å². The van der Waals surface area contributed by atoms with Gasteiger partial charge in [0.05, 0.1) is 25.1 Å². The van der Waals surface area contributed by atoms with Crippen molar-refractivity contribution in [1.29, 1.82) is 0 Å². The van der Waals surface area contributed by atoms with Gasteiger partial charge in [0, 0.05) is 12.0 Å². The molecule has 1 amide bonds. The molecule has 0 saturated carbocycles. The summed E-state index contributed by atoms with van der Waals surface area (Å²) in [4.78, 5) is 12.2. The Morgan fingerprint density at radius 1 is 1.17 bits per heavy atom. The van der Waals surface area contributed by atoms with Gasteiger partial charge in [-0.05, 0) is 30.7 Å². The predicted octanol–water partition coefficient (Wildman–Crippen LogP) is 3.74. The van der Waals surface area contributed by atoms with Crippen molar-refractivity contribution in [3.63, 3.8) is 0 Å². The summed E-state index contributed by atoms with van der Waals surface area (Å²) < 4.78 is 10.8. The molecule has 1 unspecified atom stereocenters. The molecule has 0 fully saturated rings. The van der Waals surface area contributed by atoms with Crippen LogP contribution in [0, 0.1) is 5.92 Å². The summed E-state index contributed by atoms with van der Waals surface area (Å²) in [6.07, 6.45) is 0.616. The van der Waals surface area contributed by atoms with Gasteiger partial charge in [0.15, 0.2) is 0 Å². The van der Waals surface area contributed by atoms with Crippen molar-refractivity contribution in [2.75, 3.05) is 24.8 Å². The van der Waals surface area contributed by atoms with Gasteiger partial charge in [-0.3, -0.25) is 4.79 Å². The van der Waals surface area contributed by atoms with Crippen LogP contribution in [0.5, 0.6) is 11.5 Å². The highest BCUT2D eigenvalue weighted by Crippen LogP contribution is 2.25. The van der Waals surface area contributed by atoms with Crippen LogP contribution in [0.2, 0.25) is 0 Å². The lowest BCUT2D eigenvalue weighted by Crippen LogP contribution is -2.22. The lowest BCUT2D eigenvalue weighted by Gasteiger charge is -2.14. The number of halogens is 1. The van der Waals surface area contributed by atoms with Crippen molar-refractivity contribution in [3.05, 3.63) is 48.5 Å². The molecule has 0 aliphatic carbocycles. The summed E-state index contributed by atoms with van der Waals surface area (Å²) in [5.41, 5.74) is 6.94. The summed E-state index contributed by atoms with van der Waals surface area (Å²) in [5.74, 6) is 1.16. The molecule has 0 aromatic heterocycles. The van der Waals surface area contributed by atoms with Crippen molar-refractivity contribution >= 4 is 29.7 Å². The number of carbonyl (C=O) groups excluding carboxylic acids is 1. The molecule has 0 bridgehead atoms. The van der Waals surface area contributed by atoms with E-state index >= 15 is 0 Å². The topological polar surface area (TPSA) is 73.6 Å². The van der Waals surface area contributed by atoms with Gasteiger partial charge < -0.3 is 20.5 Å². The lowest BCUT2D eigenvalue weighted by atomic mass is 10.1. The quantitative estimate of drug-likeness (QED) is 0.746. The minimum Gasteiger partial charge on any atom is -0.497 e. The third-order valence-electron chi connectivity index (χ3n) is 3.53. The van der Waals surface area contributed by atoms with Crippen LogP contribution >= 0.6 is 12.4 Å². The van der Waals surface area contributed by atoms with E-state index in [1.807, 2.05) is 37.3 Å². The van der Waals surface area contributed by atoms with Crippen LogP contribution < -0.4 is 20.5 Å². The number of anilines is 2. The smallest absolute Gasteiger partial charge is 0.227 e. The molecule has 0 heterocycles. The van der Waals surface area contributed by atoms with E-state index in [9.17, 15) is 4.79 Å². The van der Waals surface area contributed by atoms with Crippen molar-refractivity contribution in [2.45, 2.75) is 13.3 Å². The van der Waals surface area contributed by atoms with Gasteiger partial charge in [-0.25, -0.2) is 0 Å². The summed E-state index contributed by atoms with van der Waals surface area (Å²) in [6.45, 7) is 2.34. The Balaban J connectivity index is 0.00000288. The summed E-state index contributed by atoms with van der Waals surface area (Å²) in [7, 11) is 1.57. The molecule has 6 heteroatoms. The molecular formula is C18H23ClN2O3. The number of nitrogens with two attached hydrogens (primary N) is 1. The maximum Gasteiger partial charge on any atom is 0.227 e. The van der Waals surface area contributed by atoms with Crippen LogP contribution in [-0.2, 0) is 4.79 Å². The summed E-state index contributed by atoms with van der Waals surface area (Å²) >= 11 is 0. The monoisotopic (exact) mass is 350 g/mol. The SMILES string of the molecule is COc1ccc(N)c(NC(=O)C(C)CCOc2ccccc2)c1.Cl. The Bertz CT molecular complexity index is 650. The molecule has 2 aromatic rings. The first kappa shape index (κ1) is 19.6. The summed E-state index contributed by atoms with van der Waals surface area (Å²) in [6, 6.07) is 14.7. The number of nitrogens with one attached hydrogen (secondary N) is 1. The van der Waals surface area contributed by atoms with E-state index in [1.165, 1.54) is 0 Å². The second kappa shape index (κ2) is 9.67. The van der Waals surface area contributed by atoms with Gasteiger partial charge >= 0.3 is 0 Å². The number of nitrogen functional groups attached to an aromatic ring is 1. The molecule has 0 aliphatic rings. The van der Waals surface area contributed by atoms with E-state index in [1.54, 1.807) is 25.3 Å². The number of benzene rings is 2. The number of para-hydroxylation sites is 1. The first-order valence-electron chi connectivity index (χ1n) is 7.52. The standard InChI is InChI=1S/C18H22N2O3.ClH/c1-13(10-11-23-14-6-4-3-5-7-14)18(21)20-17-12-15(22-2)8-9-16(17)19;/h3-9,12-13H,10-11,19H2,1-2H3,(H,20,21);1H. The number of hydrogen-bond acceptors (Lipinski definition) is 4. The van der Waals surface area contributed by atoms with Crippen LogP contribution in [-0.4, -0.2) is 19.6 Å². The number of carbonyl (C=O) groups is 1. The summed E-state index contributed by atoms with van der Waals surface area (Å²) in [5, 5.41) is 2.83. The fourth-order valence-corrected chi connectivity index (χ4v) is 2.03. The highest BCUT2D eigenvalue weighted by molar-refractivity contribution is 5.95. The number of hydrogen-bond donors (Lipinski definition) is 2. The average molecular weight is 351 g/mol. The van der Waals surface area contributed by atoms with Gasteiger partial charge in [0.2, 0.25) is 5.91 Å². The van der Waals surface area contributed by atoms with Crippen LogP contribution in [0.15, 0.2) is 48.5 Å². The number of amides is 1. The number of methoxy groups -OCH3 is 1. The van der Waals surface area contributed by atoms with Gasteiger partial charge in [-0.1, -0.05) is 25.1 Å². The van der Waals surface area contributed by atoms with Gasteiger partial charge in [-0.15, -0.1) is 12.4 Å². The normalized spacial score (nSPS) is 11.1. The molecule has 0 saturated heterocycles. The fraction of sp³-hybridized carbons (Fsp3) is 0.278. The zero-order valence-corrected chi connectivity index (χ0v) is 14.6. The highest BCUT2D eigenvalue weighted by Gasteiger charge is 2.14. The second-order valence-electron chi connectivity index (χ2n) is 5.29. The van der Waals surface area contributed by atoms with Crippen molar-refractivity contribution in [1.82, 2.24) is 0 Å². The molecule has 0 radical (unpaired) electrons. The van der Waals surface area contributed by atoms with E-state index in [2.05, 4.69) is 5.32 Å². The largest absolute Gasteiger partial charge is 0.497 e. The Morgan fingerprint density at radius 2 is 1.88 bits per heavy atom. The molecule has 2 aromatic carbocycles. The molecule has 3 N–H and O–H groups in total. The van der Waals surface area contributed by atoms with E-state index in [-0.39, 0.29) is 24.2 Å². The Morgan fingerprint density at radius 3 is 2.54 bits per heavy atom. The fourth-order valence-electron chi connectivity index (χ4n) is 2.03. The Kier molecular flexibility index (Phi) is 7.92. The predicted molar refractivity (Wildman–Crippen MR) is 99.0 cm³/mol. The zero-order valence-electron chi connectivity index (χ0n) is 13.8.